The molecular formula is C15H19N3O. The molecule has 2 aromatic heterocycles. The van der Waals surface area contributed by atoms with Crippen molar-refractivity contribution in [1.29, 1.82) is 0 Å². The quantitative estimate of drug-likeness (QED) is 0.893. The molecule has 0 aliphatic carbocycles. The average Bonchev–Trinajstić information content (AvgIpc) is 2.37. The van der Waals surface area contributed by atoms with Crippen LogP contribution in [0, 0.1) is 6.92 Å². The summed E-state index contributed by atoms with van der Waals surface area (Å²) in [5, 5.41) is 3.33. The molecule has 19 heavy (non-hydrogen) atoms. The maximum absolute atomic E-state index is 5.67. The van der Waals surface area contributed by atoms with Gasteiger partial charge in [-0.05, 0) is 44.0 Å². The van der Waals surface area contributed by atoms with Crippen LogP contribution >= 0.6 is 0 Å². The Labute approximate surface area is 113 Å². The van der Waals surface area contributed by atoms with Crippen LogP contribution in [0.3, 0.4) is 0 Å². The van der Waals surface area contributed by atoms with E-state index < -0.39 is 0 Å². The third kappa shape index (κ3) is 3.95. The average molecular weight is 257 g/mol. The van der Waals surface area contributed by atoms with Crippen molar-refractivity contribution in [3.05, 3.63) is 47.9 Å². The molecule has 0 saturated carbocycles. The lowest BCUT2D eigenvalue weighted by Gasteiger charge is -2.14. The van der Waals surface area contributed by atoms with Crippen LogP contribution in [0.2, 0.25) is 0 Å². The van der Waals surface area contributed by atoms with E-state index in [1.807, 2.05) is 45.3 Å². The van der Waals surface area contributed by atoms with E-state index in [-0.39, 0.29) is 6.10 Å². The Morgan fingerprint density at radius 3 is 2.89 bits per heavy atom. The molecule has 0 spiro atoms. The topological polar surface area (TPSA) is 47.0 Å². The Balaban J connectivity index is 2.07. The van der Waals surface area contributed by atoms with Crippen LogP contribution in [0.5, 0.6) is 5.88 Å². The van der Waals surface area contributed by atoms with Crippen molar-refractivity contribution in [3.8, 4) is 5.88 Å². The zero-order valence-electron chi connectivity index (χ0n) is 11.6. The number of pyridine rings is 2. The van der Waals surface area contributed by atoms with Crippen molar-refractivity contribution in [2.75, 3.05) is 5.32 Å². The number of nitrogens with zero attached hydrogens (tertiary/aromatic N) is 2. The van der Waals surface area contributed by atoms with E-state index in [0.29, 0.717) is 12.4 Å². The molecule has 0 aromatic carbocycles. The lowest BCUT2D eigenvalue weighted by atomic mass is 10.2. The lowest BCUT2D eigenvalue weighted by molar-refractivity contribution is 0.234. The fourth-order valence-corrected chi connectivity index (χ4v) is 1.75. The number of hydrogen-bond acceptors (Lipinski definition) is 4. The molecule has 4 heteroatoms. The highest BCUT2D eigenvalue weighted by atomic mass is 16.5. The van der Waals surface area contributed by atoms with Crippen molar-refractivity contribution < 1.29 is 4.74 Å². The first-order valence-electron chi connectivity index (χ1n) is 6.41. The summed E-state index contributed by atoms with van der Waals surface area (Å²) < 4.78 is 5.67. The highest BCUT2D eigenvalue weighted by Gasteiger charge is 2.06. The molecule has 2 rings (SSSR count). The van der Waals surface area contributed by atoms with Crippen LogP contribution in [0.1, 0.15) is 25.0 Å². The first-order valence-corrected chi connectivity index (χ1v) is 6.41. The van der Waals surface area contributed by atoms with Crippen LogP contribution in [-0.2, 0) is 6.54 Å². The van der Waals surface area contributed by atoms with Gasteiger partial charge in [-0.2, -0.15) is 0 Å². The summed E-state index contributed by atoms with van der Waals surface area (Å²) in [6.07, 6.45) is 5.55. The Bertz CT molecular complexity index is 540. The number of rotatable bonds is 5. The van der Waals surface area contributed by atoms with Crippen molar-refractivity contribution in [1.82, 2.24) is 9.97 Å². The van der Waals surface area contributed by atoms with E-state index in [4.69, 9.17) is 4.74 Å². The molecule has 1 N–H and O–H groups in total. The first kappa shape index (κ1) is 13.3. The molecule has 4 nitrogen and oxygen atoms in total. The highest BCUT2D eigenvalue weighted by molar-refractivity contribution is 5.52. The van der Waals surface area contributed by atoms with E-state index in [1.165, 1.54) is 0 Å². The number of nitrogens with one attached hydrogen (secondary N) is 1. The van der Waals surface area contributed by atoms with Crippen molar-refractivity contribution >= 4 is 5.69 Å². The van der Waals surface area contributed by atoms with Crippen LogP contribution in [0.4, 0.5) is 5.69 Å². The Kier molecular flexibility index (Phi) is 4.34. The van der Waals surface area contributed by atoms with E-state index in [9.17, 15) is 0 Å². The van der Waals surface area contributed by atoms with Gasteiger partial charge in [0, 0.05) is 25.1 Å². The number of hydrogen-bond donors (Lipinski definition) is 1. The highest BCUT2D eigenvalue weighted by Crippen LogP contribution is 2.22. The Morgan fingerprint density at radius 2 is 2.16 bits per heavy atom. The lowest BCUT2D eigenvalue weighted by Crippen LogP contribution is -2.10. The second-order valence-electron chi connectivity index (χ2n) is 4.75. The molecule has 2 heterocycles. The Hall–Kier alpha value is -2.10. The van der Waals surface area contributed by atoms with E-state index >= 15 is 0 Å². The third-order valence-electron chi connectivity index (χ3n) is 2.53. The van der Waals surface area contributed by atoms with Crippen LogP contribution in [0.25, 0.3) is 0 Å². The summed E-state index contributed by atoms with van der Waals surface area (Å²) in [5.74, 6) is 0.637. The minimum absolute atomic E-state index is 0.107. The van der Waals surface area contributed by atoms with Gasteiger partial charge in [-0.3, -0.25) is 4.98 Å². The third-order valence-corrected chi connectivity index (χ3v) is 2.53. The standard InChI is InChI=1S/C15H19N3O/c1-11(2)19-15-14(5-4-6-17-15)18-10-13-7-12(3)8-16-9-13/h4-9,11,18H,10H2,1-3H3. The smallest absolute Gasteiger partial charge is 0.237 e. The Morgan fingerprint density at radius 1 is 1.32 bits per heavy atom. The predicted octanol–water partition coefficient (Wildman–Crippen LogP) is 3.18. The number of aryl methyl sites for hydroxylation is 1. The van der Waals surface area contributed by atoms with Gasteiger partial charge < -0.3 is 10.1 Å². The zero-order valence-corrected chi connectivity index (χ0v) is 11.6. The monoisotopic (exact) mass is 257 g/mol. The molecule has 0 aliphatic heterocycles. The molecular weight excluding hydrogens is 238 g/mol. The van der Waals surface area contributed by atoms with Gasteiger partial charge in [-0.15, -0.1) is 0 Å². The molecule has 0 saturated heterocycles. The summed E-state index contributed by atoms with van der Waals surface area (Å²) in [7, 11) is 0. The van der Waals surface area contributed by atoms with Crippen molar-refractivity contribution in [2.45, 2.75) is 33.4 Å². The largest absolute Gasteiger partial charge is 0.473 e. The minimum atomic E-state index is 0.107. The molecule has 0 unspecified atom stereocenters. The van der Waals surface area contributed by atoms with Gasteiger partial charge in [-0.25, -0.2) is 4.98 Å². The number of aromatic nitrogens is 2. The fraction of sp³-hybridized carbons (Fsp3) is 0.333. The van der Waals surface area contributed by atoms with E-state index in [0.717, 1.165) is 16.8 Å². The molecule has 0 bridgehead atoms. The summed E-state index contributed by atoms with van der Waals surface area (Å²) in [4.78, 5) is 8.43. The summed E-state index contributed by atoms with van der Waals surface area (Å²) in [5.41, 5.74) is 3.20. The van der Waals surface area contributed by atoms with Gasteiger partial charge in [0.25, 0.3) is 0 Å². The number of ether oxygens (including phenoxy) is 1. The van der Waals surface area contributed by atoms with Gasteiger partial charge >= 0.3 is 0 Å². The molecule has 0 amide bonds. The molecule has 2 aromatic rings. The van der Waals surface area contributed by atoms with Crippen LogP contribution < -0.4 is 10.1 Å². The van der Waals surface area contributed by atoms with Crippen LogP contribution in [-0.4, -0.2) is 16.1 Å². The normalized spacial score (nSPS) is 10.5. The van der Waals surface area contributed by atoms with E-state index in [1.54, 1.807) is 6.20 Å². The van der Waals surface area contributed by atoms with Gasteiger partial charge in [0.1, 0.15) is 0 Å². The maximum Gasteiger partial charge on any atom is 0.237 e. The molecule has 0 atom stereocenters. The zero-order chi connectivity index (χ0) is 13.7. The SMILES string of the molecule is Cc1cncc(CNc2cccnc2OC(C)C)c1. The second-order valence-corrected chi connectivity index (χ2v) is 4.75. The van der Waals surface area contributed by atoms with Gasteiger partial charge in [-0.1, -0.05) is 6.07 Å². The minimum Gasteiger partial charge on any atom is -0.473 e. The fourth-order valence-electron chi connectivity index (χ4n) is 1.75. The van der Waals surface area contributed by atoms with Crippen molar-refractivity contribution in [2.24, 2.45) is 0 Å². The predicted molar refractivity (Wildman–Crippen MR) is 76.3 cm³/mol. The molecule has 100 valence electrons. The molecule has 0 aliphatic rings. The van der Waals surface area contributed by atoms with Gasteiger partial charge in [0.05, 0.1) is 11.8 Å². The maximum atomic E-state index is 5.67. The summed E-state index contributed by atoms with van der Waals surface area (Å²) in [6.45, 7) is 6.72. The number of anilines is 1. The molecule has 0 radical (unpaired) electrons. The first-order chi connectivity index (χ1) is 9.15. The van der Waals surface area contributed by atoms with Crippen molar-refractivity contribution in [3.63, 3.8) is 0 Å². The van der Waals surface area contributed by atoms with E-state index in [2.05, 4.69) is 21.4 Å². The summed E-state index contributed by atoms with van der Waals surface area (Å²) >= 11 is 0. The molecule has 0 fully saturated rings. The summed E-state index contributed by atoms with van der Waals surface area (Å²) in [6, 6.07) is 5.97. The van der Waals surface area contributed by atoms with Crippen LogP contribution in [0.15, 0.2) is 36.8 Å². The van der Waals surface area contributed by atoms with Gasteiger partial charge in [0.15, 0.2) is 0 Å². The van der Waals surface area contributed by atoms with Gasteiger partial charge in [0.2, 0.25) is 5.88 Å². The second kappa shape index (κ2) is 6.18.